The van der Waals surface area contributed by atoms with Gasteiger partial charge in [-0.25, -0.2) is 14.8 Å². The van der Waals surface area contributed by atoms with E-state index in [0.29, 0.717) is 5.69 Å². The van der Waals surface area contributed by atoms with E-state index < -0.39 is 0 Å². The molecule has 27 heavy (non-hydrogen) atoms. The molecule has 0 amide bonds. The average molecular weight is 368 g/mol. The van der Waals surface area contributed by atoms with Crippen LogP contribution in [0, 0.1) is 6.92 Å². The van der Waals surface area contributed by atoms with Crippen LogP contribution in [0.2, 0.25) is 0 Å². The smallest absolute Gasteiger partial charge is 0.356 e. The maximum absolute atomic E-state index is 11.8. The van der Waals surface area contributed by atoms with Gasteiger partial charge in [-0.15, -0.1) is 0 Å². The van der Waals surface area contributed by atoms with Gasteiger partial charge in [0.25, 0.3) is 0 Å². The van der Waals surface area contributed by atoms with Crippen molar-refractivity contribution in [3.8, 4) is 0 Å². The van der Waals surface area contributed by atoms with Crippen molar-refractivity contribution in [3.63, 3.8) is 0 Å². The maximum atomic E-state index is 11.8. The topological polar surface area (TPSA) is 58.6 Å². The highest BCUT2D eigenvalue weighted by Gasteiger charge is 2.17. The third kappa shape index (κ3) is 5.26. The number of carbonyl (C=O) groups is 1. The molecule has 0 aliphatic carbocycles. The number of ether oxygens (including phenoxy) is 1. The Labute approximate surface area is 161 Å². The van der Waals surface area contributed by atoms with Crippen LogP contribution in [0.25, 0.3) is 0 Å². The normalized spacial score (nSPS) is 15.0. The first-order chi connectivity index (χ1) is 13.2. The summed E-state index contributed by atoms with van der Waals surface area (Å²) in [4.78, 5) is 25.5. The van der Waals surface area contributed by atoms with Gasteiger partial charge in [-0.3, -0.25) is 4.90 Å². The zero-order valence-electron chi connectivity index (χ0n) is 16.2. The zero-order chi connectivity index (χ0) is 19.1. The highest BCUT2D eigenvalue weighted by molar-refractivity contribution is 5.88. The number of pyridine rings is 2. The van der Waals surface area contributed by atoms with Crippen molar-refractivity contribution in [2.24, 2.45) is 0 Å². The number of hydrogen-bond acceptors (Lipinski definition) is 6. The Balaban J connectivity index is 1.39. The Hall–Kier alpha value is -2.47. The molecular weight excluding hydrogens is 340 g/mol. The van der Waals surface area contributed by atoms with Gasteiger partial charge in [-0.05, 0) is 56.5 Å². The minimum atomic E-state index is -0.361. The van der Waals surface area contributed by atoms with Crippen molar-refractivity contribution in [1.29, 1.82) is 0 Å². The lowest BCUT2D eigenvalue weighted by atomic mass is 10.1. The van der Waals surface area contributed by atoms with Gasteiger partial charge < -0.3 is 9.64 Å². The van der Waals surface area contributed by atoms with Crippen molar-refractivity contribution in [3.05, 3.63) is 53.5 Å². The maximum Gasteiger partial charge on any atom is 0.356 e. The summed E-state index contributed by atoms with van der Waals surface area (Å²) in [7, 11) is 1.39. The number of carbonyl (C=O) groups excluding carboxylic acids is 1. The third-order valence-electron chi connectivity index (χ3n) is 5.04. The number of aromatic nitrogens is 2. The molecule has 0 unspecified atom stereocenters. The summed E-state index contributed by atoms with van der Waals surface area (Å²) in [6.45, 7) is 7.19. The van der Waals surface area contributed by atoms with Gasteiger partial charge in [-0.1, -0.05) is 12.1 Å². The molecule has 3 rings (SSSR count). The van der Waals surface area contributed by atoms with Crippen LogP contribution in [0.15, 0.2) is 36.5 Å². The molecule has 1 aliphatic heterocycles. The van der Waals surface area contributed by atoms with Gasteiger partial charge in [0, 0.05) is 38.1 Å². The molecule has 0 atom stereocenters. The van der Waals surface area contributed by atoms with Crippen LogP contribution in [0.4, 0.5) is 5.82 Å². The summed E-state index contributed by atoms with van der Waals surface area (Å²) in [5.74, 6) is 0.712. The van der Waals surface area contributed by atoms with Crippen molar-refractivity contribution >= 4 is 11.8 Å². The Morgan fingerprint density at radius 1 is 1.11 bits per heavy atom. The van der Waals surface area contributed by atoms with E-state index in [0.717, 1.165) is 69.1 Å². The van der Waals surface area contributed by atoms with Gasteiger partial charge in [0.2, 0.25) is 0 Å². The summed E-state index contributed by atoms with van der Waals surface area (Å²) in [5.41, 5.74) is 2.25. The highest BCUT2D eigenvalue weighted by Crippen LogP contribution is 2.14. The quantitative estimate of drug-likeness (QED) is 0.553. The SMILES string of the molecule is COC(=O)c1nc(CCCCN2CCN(c3ccccn3)CC2)ccc1C. The molecule has 2 aromatic rings. The van der Waals surface area contributed by atoms with Crippen LogP contribution in [0.5, 0.6) is 0 Å². The Morgan fingerprint density at radius 3 is 2.63 bits per heavy atom. The average Bonchev–Trinajstić information content (AvgIpc) is 2.73. The Morgan fingerprint density at radius 2 is 1.93 bits per heavy atom. The highest BCUT2D eigenvalue weighted by atomic mass is 16.5. The summed E-state index contributed by atoms with van der Waals surface area (Å²) < 4.78 is 4.80. The van der Waals surface area contributed by atoms with Gasteiger partial charge >= 0.3 is 5.97 Å². The van der Waals surface area contributed by atoms with E-state index in [9.17, 15) is 4.79 Å². The first kappa shape index (κ1) is 19.3. The van der Waals surface area contributed by atoms with E-state index in [2.05, 4.69) is 25.8 Å². The summed E-state index contributed by atoms with van der Waals surface area (Å²) in [5, 5.41) is 0. The van der Waals surface area contributed by atoms with Crippen LogP contribution in [-0.4, -0.2) is 60.7 Å². The van der Waals surface area contributed by atoms with E-state index >= 15 is 0 Å². The summed E-state index contributed by atoms with van der Waals surface area (Å²) >= 11 is 0. The van der Waals surface area contributed by atoms with Crippen LogP contribution in [0.3, 0.4) is 0 Å². The van der Waals surface area contributed by atoms with E-state index in [-0.39, 0.29) is 5.97 Å². The molecule has 0 aromatic carbocycles. The molecule has 0 saturated carbocycles. The third-order valence-corrected chi connectivity index (χ3v) is 5.04. The van der Waals surface area contributed by atoms with Gasteiger partial charge in [0.05, 0.1) is 7.11 Å². The van der Waals surface area contributed by atoms with E-state index in [4.69, 9.17) is 4.74 Å². The minimum Gasteiger partial charge on any atom is -0.464 e. The predicted molar refractivity (Wildman–Crippen MR) is 106 cm³/mol. The number of rotatable bonds is 7. The van der Waals surface area contributed by atoms with E-state index in [1.54, 1.807) is 0 Å². The molecule has 1 fully saturated rings. The Bertz CT molecular complexity index is 743. The van der Waals surface area contributed by atoms with Gasteiger partial charge in [0.1, 0.15) is 5.82 Å². The van der Waals surface area contributed by atoms with E-state index in [1.165, 1.54) is 7.11 Å². The van der Waals surface area contributed by atoms with Gasteiger partial charge in [-0.2, -0.15) is 0 Å². The lowest BCUT2D eigenvalue weighted by Crippen LogP contribution is -2.46. The lowest BCUT2D eigenvalue weighted by Gasteiger charge is -2.35. The number of nitrogens with zero attached hydrogens (tertiary/aromatic N) is 4. The predicted octanol–water partition coefficient (Wildman–Crippen LogP) is 2.72. The monoisotopic (exact) mass is 368 g/mol. The molecule has 2 aromatic heterocycles. The second-order valence-corrected chi connectivity index (χ2v) is 6.93. The lowest BCUT2D eigenvalue weighted by molar-refractivity contribution is 0.0593. The molecule has 6 nitrogen and oxygen atoms in total. The van der Waals surface area contributed by atoms with Crippen LogP contribution in [-0.2, 0) is 11.2 Å². The van der Waals surface area contributed by atoms with Crippen molar-refractivity contribution in [2.75, 3.05) is 44.7 Å². The second kappa shape index (κ2) is 9.46. The number of piperazine rings is 1. The van der Waals surface area contributed by atoms with Crippen molar-refractivity contribution in [2.45, 2.75) is 26.2 Å². The molecule has 0 N–H and O–H groups in total. The number of methoxy groups -OCH3 is 1. The Kier molecular flexibility index (Phi) is 6.76. The van der Waals surface area contributed by atoms with Crippen molar-refractivity contribution < 1.29 is 9.53 Å². The largest absolute Gasteiger partial charge is 0.464 e. The molecule has 1 aliphatic rings. The number of unbranched alkanes of at least 4 members (excludes halogenated alkanes) is 1. The fraction of sp³-hybridized carbons (Fsp3) is 0.476. The van der Waals surface area contributed by atoms with E-state index in [1.807, 2.05) is 37.4 Å². The fourth-order valence-electron chi connectivity index (χ4n) is 3.39. The standard InChI is InChI=1S/C21H28N4O2/c1-17-9-10-18(23-20(17)21(26)27-2)7-4-6-12-24-13-15-25(16-14-24)19-8-3-5-11-22-19/h3,5,8-11H,4,6-7,12-16H2,1-2H3. The number of esters is 1. The molecule has 0 bridgehead atoms. The van der Waals surface area contributed by atoms with Crippen molar-refractivity contribution in [1.82, 2.24) is 14.9 Å². The molecule has 0 spiro atoms. The zero-order valence-corrected chi connectivity index (χ0v) is 16.2. The second-order valence-electron chi connectivity index (χ2n) is 6.93. The molecule has 3 heterocycles. The van der Waals surface area contributed by atoms with Crippen LogP contribution in [0.1, 0.15) is 34.6 Å². The van der Waals surface area contributed by atoms with Crippen LogP contribution >= 0.6 is 0 Å². The first-order valence-electron chi connectivity index (χ1n) is 9.60. The summed E-state index contributed by atoms with van der Waals surface area (Å²) in [6, 6.07) is 10.0. The molecular formula is C21H28N4O2. The molecule has 0 radical (unpaired) electrons. The summed E-state index contributed by atoms with van der Waals surface area (Å²) in [6.07, 6.45) is 4.94. The first-order valence-corrected chi connectivity index (χ1v) is 9.60. The van der Waals surface area contributed by atoms with Gasteiger partial charge in [0.15, 0.2) is 5.69 Å². The molecule has 6 heteroatoms. The fourth-order valence-corrected chi connectivity index (χ4v) is 3.39. The molecule has 1 saturated heterocycles. The number of aryl methyl sites for hydroxylation is 2. The number of anilines is 1. The minimum absolute atomic E-state index is 0.361. The number of hydrogen-bond donors (Lipinski definition) is 0. The van der Waals surface area contributed by atoms with Crippen LogP contribution < -0.4 is 4.90 Å². The molecule has 144 valence electrons.